The first kappa shape index (κ1) is 12.8. The van der Waals surface area contributed by atoms with Gasteiger partial charge in [0, 0.05) is 30.1 Å². The molecule has 0 amide bonds. The van der Waals surface area contributed by atoms with Gasteiger partial charge in [0.05, 0.1) is 5.01 Å². The van der Waals surface area contributed by atoms with Gasteiger partial charge in [-0.2, -0.15) is 0 Å². The summed E-state index contributed by atoms with van der Waals surface area (Å²) in [5.41, 5.74) is 1.02. The fraction of sp³-hybridized carbons (Fsp3) is 0.385. The van der Waals surface area contributed by atoms with Gasteiger partial charge in [0.2, 0.25) is 0 Å². The smallest absolute Gasteiger partial charge is 0.345 e. The largest absolute Gasteiger partial charge is 0.477 e. The van der Waals surface area contributed by atoms with E-state index in [-0.39, 0.29) is 0 Å². The van der Waals surface area contributed by atoms with Crippen molar-refractivity contribution in [2.24, 2.45) is 0 Å². The minimum absolute atomic E-state index is 0.394. The zero-order valence-electron chi connectivity index (χ0n) is 10.3. The first-order chi connectivity index (χ1) is 9.22. The van der Waals surface area contributed by atoms with E-state index < -0.39 is 5.97 Å². The Morgan fingerprint density at radius 1 is 1.47 bits per heavy atom. The van der Waals surface area contributed by atoms with Gasteiger partial charge < -0.3 is 10.4 Å². The number of aromatic nitrogens is 1. The Hall–Kier alpha value is -1.24. The topological polar surface area (TPSA) is 62.2 Å². The van der Waals surface area contributed by atoms with Crippen LogP contribution < -0.4 is 5.32 Å². The Morgan fingerprint density at radius 3 is 3.00 bits per heavy atom. The average molecular weight is 294 g/mol. The van der Waals surface area contributed by atoms with Gasteiger partial charge in [-0.1, -0.05) is 0 Å². The van der Waals surface area contributed by atoms with Crippen LogP contribution in [0.3, 0.4) is 0 Å². The number of aromatic carboxylic acids is 1. The Kier molecular flexibility index (Phi) is 3.63. The molecule has 2 aromatic heterocycles. The maximum Gasteiger partial charge on any atom is 0.345 e. The number of carboxylic acids is 1. The third-order valence-corrected chi connectivity index (χ3v) is 5.12. The quantitative estimate of drug-likeness (QED) is 0.859. The molecule has 19 heavy (non-hydrogen) atoms. The average Bonchev–Trinajstić information content (AvgIpc) is 2.94. The fourth-order valence-corrected chi connectivity index (χ4v) is 3.64. The van der Waals surface area contributed by atoms with Crippen molar-refractivity contribution in [2.45, 2.75) is 31.8 Å². The highest BCUT2D eigenvalue weighted by Gasteiger charge is 2.26. The van der Waals surface area contributed by atoms with E-state index >= 15 is 0 Å². The Labute approximate surface area is 119 Å². The second-order valence-corrected chi connectivity index (χ2v) is 6.73. The molecule has 0 unspecified atom stereocenters. The maximum atomic E-state index is 10.8. The standard InChI is InChI=1S/C13H14N2O2S2/c16-13(17)11-3-8(7-18-11)4-14-5-10-6-15-12(19-10)9-1-2-9/h3,6-7,9,14H,1-2,4-5H2,(H,16,17). The number of hydrogen-bond acceptors (Lipinski definition) is 5. The first-order valence-corrected chi connectivity index (χ1v) is 7.88. The number of hydrogen-bond donors (Lipinski definition) is 2. The summed E-state index contributed by atoms with van der Waals surface area (Å²) in [6.07, 6.45) is 4.52. The summed E-state index contributed by atoms with van der Waals surface area (Å²) < 4.78 is 0. The molecule has 4 nitrogen and oxygen atoms in total. The van der Waals surface area contributed by atoms with Crippen LogP contribution in [0.2, 0.25) is 0 Å². The van der Waals surface area contributed by atoms with Crippen molar-refractivity contribution in [2.75, 3.05) is 0 Å². The number of thiophene rings is 1. The number of carbonyl (C=O) groups is 1. The third-order valence-electron chi connectivity index (χ3n) is 2.99. The van der Waals surface area contributed by atoms with Crippen molar-refractivity contribution in [3.63, 3.8) is 0 Å². The highest BCUT2D eigenvalue weighted by Crippen LogP contribution is 2.41. The Morgan fingerprint density at radius 2 is 2.32 bits per heavy atom. The number of nitrogens with zero attached hydrogens (tertiary/aromatic N) is 1. The van der Waals surface area contributed by atoms with Crippen molar-refractivity contribution in [3.8, 4) is 0 Å². The third kappa shape index (κ3) is 3.20. The molecule has 0 atom stereocenters. The number of carboxylic acid groups (broad SMARTS) is 1. The van der Waals surface area contributed by atoms with E-state index in [0.29, 0.717) is 17.3 Å². The lowest BCUT2D eigenvalue weighted by atomic mass is 10.3. The molecule has 6 heteroatoms. The molecule has 1 saturated carbocycles. The van der Waals surface area contributed by atoms with E-state index in [2.05, 4.69) is 10.3 Å². The maximum absolute atomic E-state index is 10.8. The fourth-order valence-electron chi connectivity index (χ4n) is 1.83. The summed E-state index contributed by atoms with van der Waals surface area (Å²) in [5.74, 6) is -0.137. The summed E-state index contributed by atoms with van der Waals surface area (Å²) >= 11 is 3.05. The van der Waals surface area contributed by atoms with Crippen LogP contribution in [0.15, 0.2) is 17.6 Å². The molecule has 2 heterocycles. The highest BCUT2D eigenvalue weighted by atomic mass is 32.1. The van der Waals surface area contributed by atoms with E-state index in [1.165, 1.54) is 34.1 Å². The van der Waals surface area contributed by atoms with Gasteiger partial charge in [-0.25, -0.2) is 9.78 Å². The van der Waals surface area contributed by atoms with Crippen LogP contribution in [0, 0.1) is 0 Å². The number of rotatable bonds is 6. The van der Waals surface area contributed by atoms with E-state index in [0.717, 1.165) is 12.1 Å². The molecule has 0 aromatic carbocycles. The molecule has 0 aliphatic heterocycles. The van der Waals surface area contributed by atoms with Gasteiger partial charge in [-0.05, 0) is 29.9 Å². The molecular formula is C13H14N2O2S2. The van der Waals surface area contributed by atoms with Crippen LogP contribution in [0.5, 0.6) is 0 Å². The van der Waals surface area contributed by atoms with Crippen LogP contribution in [-0.4, -0.2) is 16.1 Å². The van der Waals surface area contributed by atoms with Crippen LogP contribution in [0.4, 0.5) is 0 Å². The Bertz CT molecular complexity index is 587. The van der Waals surface area contributed by atoms with Crippen molar-refractivity contribution in [3.05, 3.63) is 38.0 Å². The minimum atomic E-state index is -0.854. The van der Waals surface area contributed by atoms with Crippen molar-refractivity contribution >= 4 is 28.6 Å². The van der Waals surface area contributed by atoms with Crippen molar-refractivity contribution in [1.29, 1.82) is 0 Å². The van der Waals surface area contributed by atoms with E-state index in [9.17, 15) is 4.79 Å². The molecular weight excluding hydrogens is 280 g/mol. The lowest BCUT2D eigenvalue weighted by molar-refractivity contribution is 0.0702. The molecule has 0 spiro atoms. The zero-order chi connectivity index (χ0) is 13.2. The van der Waals surface area contributed by atoms with Crippen molar-refractivity contribution in [1.82, 2.24) is 10.3 Å². The molecule has 1 aliphatic rings. The normalized spacial score (nSPS) is 14.7. The molecule has 1 aliphatic carbocycles. The van der Waals surface area contributed by atoms with Crippen LogP contribution in [0.25, 0.3) is 0 Å². The summed E-state index contributed by atoms with van der Waals surface area (Å²) in [4.78, 5) is 16.8. The first-order valence-electron chi connectivity index (χ1n) is 6.18. The second-order valence-electron chi connectivity index (χ2n) is 4.67. The molecule has 0 bridgehead atoms. The molecule has 2 aromatic rings. The van der Waals surface area contributed by atoms with Gasteiger partial charge in [-0.3, -0.25) is 0 Å². The molecule has 0 radical (unpaired) electrons. The summed E-state index contributed by atoms with van der Waals surface area (Å²) in [6.45, 7) is 1.49. The molecule has 3 rings (SSSR count). The van der Waals surface area contributed by atoms with Gasteiger partial charge in [0.25, 0.3) is 0 Å². The SMILES string of the molecule is O=C(O)c1cc(CNCc2cnc(C3CC3)s2)cs1. The van der Waals surface area contributed by atoms with Crippen molar-refractivity contribution < 1.29 is 9.90 Å². The zero-order valence-corrected chi connectivity index (χ0v) is 11.9. The second kappa shape index (κ2) is 5.40. The van der Waals surface area contributed by atoms with Crippen LogP contribution >= 0.6 is 22.7 Å². The monoisotopic (exact) mass is 294 g/mol. The highest BCUT2D eigenvalue weighted by molar-refractivity contribution is 7.12. The van der Waals surface area contributed by atoms with E-state index in [4.69, 9.17) is 5.11 Å². The van der Waals surface area contributed by atoms with Gasteiger partial charge in [-0.15, -0.1) is 22.7 Å². The number of thiazole rings is 1. The molecule has 2 N–H and O–H groups in total. The molecule has 100 valence electrons. The summed E-state index contributed by atoms with van der Waals surface area (Å²) in [5, 5.41) is 15.3. The van der Waals surface area contributed by atoms with E-state index in [1.807, 2.05) is 11.6 Å². The summed E-state index contributed by atoms with van der Waals surface area (Å²) in [6, 6.07) is 1.72. The van der Waals surface area contributed by atoms with Gasteiger partial charge >= 0.3 is 5.97 Å². The van der Waals surface area contributed by atoms with Gasteiger partial charge in [0.1, 0.15) is 4.88 Å². The summed E-state index contributed by atoms with van der Waals surface area (Å²) in [7, 11) is 0. The molecule has 1 fully saturated rings. The molecule has 0 saturated heterocycles. The number of nitrogens with one attached hydrogen (secondary N) is 1. The van der Waals surface area contributed by atoms with Crippen LogP contribution in [0.1, 0.15) is 43.9 Å². The predicted octanol–water partition coefficient (Wildman–Crippen LogP) is 3.07. The lowest BCUT2D eigenvalue weighted by Gasteiger charge is -1.99. The van der Waals surface area contributed by atoms with Gasteiger partial charge in [0.15, 0.2) is 0 Å². The Balaban J connectivity index is 1.49. The van der Waals surface area contributed by atoms with Crippen LogP contribution in [-0.2, 0) is 13.1 Å². The predicted molar refractivity (Wildman–Crippen MR) is 75.9 cm³/mol. The lowest BCUT2D eigenvalue weighted by Crippen LogP contribution is -2.11. The van der Waals surface area contributed by atoms with E-state index in [1.54, 1.807) is 17.4 Å². The minimum Gasteiger partial charge on any atom is -0.477 e.